The van der Waals surface area contributed by atoms with Crippen molar-refractivity contribution in [1.82, 2.24) is 15.5 Å². The van der Waals surface area contributed by atoms with Gasteiger partial charge in [0.25, 0.3) is 0 Å². The Morgan fingerprint density at radius 1 is 1.35 bits per heavy atom. The predicted octanol–water partition coefficient (Wildman–Crippen LogP) is -0.356. The number of hydrogen-bond donors (Lipinski definition) is 3. The van der Waals surface area contributed by atoms with Crippen LogP contribution in [0.3, 0.4) is 0 Å². The van der Waals surface area contributed by atoms with E-state index in [1.54, 1.807) is 11.8 Å². The van der Waals surface area contributed by atoms with E-state index < -0.39 is 17.9 Å². The van der Waals surface area contributed by atoms with Gasteiger partial charge in [0.05, 0.1) is 19.6 Å². The van der Waals surface area contributed by atoms with Gasteiger partial charge in [-0.05, 0) is 13.5 Å². The number of carboxylic acids is 1. The van der Waals surface area contributed by atoms with Crippen LogP contribution in [-0.2, 0) is 14.3 Å². The zero-order valence-corrected chi connectivity index (χ0v) is 12.1. The number of hydrogen-bond acceptors (Lipinski definition) is 5. The lowest BCUT2D eigenvalue weighted by Crippen LogP contribution is -2.47. The van der Waals surface area contributed by atoms with Crippen molar-refractivity contribution in [3.63, 3.8) is 0 Å². The highest BCUT2D eigenvalue weighted by Gasteiger charge is 2.19. The number of carboxylic acid groups (broad SMARTS) is 1. The van der Waals surface area contributed by atoms with Crippen molar-refractivity contribution in [3.05, 3.63) is 0 Å². The summed E-state index contributed by atoms with van der Waals surface area (Å²) in [5.41, 5.74) is 0. The Balaban J connectivity index is 4.14. The number of imide groups is 1. The summed E-state index contributed by atoms with van der Waals surface area (Å²) < 4.78 is 4.76. The number of nitrogens with one attached hydrogen (secondary N) is 2. The minimum absolute atomic E-state index is 0.0252. The molecule has 0 aliphatic carbocycles. The number of urea groups is 1. The van der Waals surface area contributed by atoms with Crippen molar-refractivity contribution in [3.8, 4) is 0 Å². The first-order valence-corrected chi connectivity index (χ1v) is 6.43. The van der Waals surface area contributed by atoms with Crippen LogP contribution in [0.2, 0.25) is 0 Å². The van der Waals surface area contributed by atoms with Crippen LogP contribution in [-0.4, -0.2) is 67.3 Å². The van der Waals surface area contributed by atoms with Gasteiger partial charge in [0.15, 0.2) is 0 Å². The molecule has 0 rings (SSSR count). The van der Waals surface area contributed by atoms with Gasteiger partial charge in [-0.15, -0.1) is 0 Å². The molecule has 0 radical (unpaired) electrons. The quantitative estimate of drug-likeness (QED) is 0.500. The summed E-state index contributed by atoms with van der Waals surface area (Å²) >= 11 is 0. The molecule has 0 heterocycles. The van der Waals surface area contributed by atoms with Crippen molar-refractivity contribution < 1.29 is 24.2 Å². The largest absolute Gasteiger partial charge is 0.481 e. The maximum absolute atomic E-state index is 11.7. The van der Waals surface area contributed by atoms with Crippen molar-refractivity contribution in [1.29, 1.82) is 0 Å². The van der Waals surface area contributed by atoms with Gasteiger partial charge in [-0.25, -0.2) is 4.79 Å². The molecule has 1 atom stereocenters. The number of carbonyl (C=O) groups excluding carboxylic acids is 2. The normalized spacial score (nSPS) is 12.0. The fraction of sp³-hybridized carbons (Fsp3) is 0.750. The molecule has 0 aromatic heterocycles. The van der Waals surface area contributed by atoms with E-state index in [-0.39, 0.29) is 19.0 Å². The lowest BCUT2D eigenvalue weighted by atomic mass is 10.2. The van der Waals surface area contributed by atoms with Crippen LogP contribution in [0.1, 0.15) is 20.3 Å². The molecule has 20 heavy (non-hydrogen) atoms. The summed E-state index contributed by atoms with van der Waals surface area (Å²) in [6.45, 7) is 4.71. The highest BCUT2D eigenvalue weighted by molar-refractivity contribution is 5.95. The van der Waals surface area contributed by atoms with Crippen LogP contribution in [0, 0.1) is 0 Å². The molecule has 0 saturated carbocycles. The topological polar surface area (TPSA) is 108 Å². The summed E-state index contributed by atoms with van der Waals surface area (Å²) in [4.78, 5) is 35.3. The Hall–Kier alpha value is -1.67. The van der Waals surface area contributed by atoms with Gasteiger partial charge >= 0.3 is 12.0 Å². The molecule has 0 aliphatic heterocycles. The van der Waals surface area contributed by atoms with E-state index in [1.807, 2.05) is 6.92 Å². The minimum Gasteiger partial charge on any atom is -0.481 e. The van der Waals surface area contributed by atoms with E-state index in [2.05, 4.69) is 10.6 Å². The number of methoxy groups -OCH3 is 1. The Morgan fingerprint density at radius 3 is 2.50 bits per heavy atom. The SMILES string of the molecule is CCN(CC(=O)NC(=O)NCCOC)C(C)CC(=O)O. The highest BCUT2D eigenvalue weighted by atomic mass is 16.5. The van der Waals surface area contributed by atoms with Crippen LogP contribution < -0.4 is 10.6 Å². The fourth-order valence-corrected chi connectivity index (χ4v) is 1.62. The third-order valence-electron chi connectivity index (χ3n) is 2.69. The summed E-state index contributed by atoms with van der Waals surface area (Å²) in [5, 5.41) is 13.4. The molecular weight excluding hydrogens is 266 g/mol. The first-order chi connectivity index (χ1) is 9.40. The number of ether oxygens (including phenoxy) is 1. The van der Waals surface area contributed by atoms with E-state index in [1.165, 1.54) is 7.11 Å². The number of likely N-dealkylation sites (N-methyl/N-ethyl adjacent to an activating group) is 1. The van der Waals surface area contributed by atoms with Gasteiger partial charge < -0.3 is 15.2 Å². The Labute approximate surface area is 118 Å². The third kappa shape index (κ3) is 8.44. The first-order valence-electron chi connectivity index (χ1n) is 6.43. The number of amides is 3. The Bertz CT molecular complexity index is 335. The fourth-order valence-electron chi connectivity index (χ4n) is 1.62. The summed E-state index contributed by atoms with van der Waals surface area (Å²) in [7, 11) is 1.51. The molecule has 8 heteroatoms. The predicted molar refractivity (Wildman–Crippen MR) is 72.4 cm³/mol. The zero-order chi connectivity index (χ0) is 15.5. The van der Waals surface area contributed by atoms with E-state index in [4.69, 9.17) is 9.84 Å². The monoisotopic (exact) mass is 289 g/mol. The van der Waals surface area contributed by atoms with E-state index in [0.717, 1.165) is 0 Å². The average molecular weight is 289 g/mol. The van der Waals surface area contributed by atoms with Gasteiger partial charge in [-0.3, -0.25) is 19.8 Å². The number of rotatable bonds is 9. The minimum atomic E-state index is -0.923. The Kier molecular flexibility index (Phi) is 9.31. The summed E-state index contributed by atoms with van der Waals surface area (Å²) in [5.74, 6) is -1.40. The van der Waals surface area contributed by atoms with Crippen molar-refractivity contribution in [2.24, 2.45) is 0 Å². The lowest BCUT2D eigenvalue weighted by Gasteiger charge is -2.25. The lowest BCUT2D eigenvalue weighted by molar-refractivity contribution is -0.138. The second-order valence-electron chi connectivity index (χ2n) is 4.31. The van der Waals surface area contributed by atoms with Crippen LogP contribution >= 0.6 is 0 Å². The van der Waals surface area contributed by atoms with Gasteiger partial charge in [0.2, 0.25) is 5.91 Å². The maximum atomic E-state index is 11.7. The van der Waals surface area contributed by atoms with Gasteiger partial charge in [0, 0.05) is 19.7 Å². The molecule has 0 fully saturated rings. The molecule has 1 unspecified atom stereocenters. The molecule has 116 valence electrons. The number of aliphatic carboxylic acids is 1. The summed E-state index contributed by atoms with van der Waals surface area (Å²) in [6, 6.07) is -0.867. The second kappa shape index (κ2) is 10.2. The molecule has 0 bridgehead atoms. The zero-order valence-electron chi connectivity index (χ0n) is 12.1. The van der Waals surface area contributed by atoms with Crippen molar-refractivity contribution >= 4 is 17.9 Å². The molecular formula is C12H23N3O5. The third-order valence-corrected chi connectivity index (χ3v) is 2.69. The standard InChI is InChI=1S/C12H23N3O5/c1-4-15(9(2)7-11(17)18)8-10(16)14-12(19)13-5-6-20-3/h9H,4-8H2,1-3H3,(H,17,18)(H2,13,14,16,19). The smallest absolute Gasteiger partial charge is 0.321 e. The molecule has 0 aromatic rings. The van der Waals surface area contributed by atoms with Gasteiger partial charge in [-0.2, -0.15) is 0 Å². The average Bonchev–Trinajstić information content (AvgIpc) is 2.35. The number of nitrogens with zero attached hydrogens (tertiary/aromatic N) is 1. The van der Waals surface area contributed by atoms with Gasteiger partial charge in [-0.1, -0.05) is 6.92 Å². The Morgan fingerprint density at radius 2 is 2.00 bits per heavy atom. The van der Waals surface area contributed by atoms with E-state index in [9.17, 15) is 14.4 Å². The van der Waals surface area contributed by atoms with Gasteiger partial charge in [0.1, 0.15) is 0 Å². The molecule has 0 aliphatic rings. The van der Waals surface area contributed by atoms with Crippen LogP contribution in [0.25, 0.3) is 0 Å². The maximum Gasteiger partial charge on any atom is 0.321 e. The molecule has 8 nitrogen and oxygen atoms in total. The molecule has 0 saturated heterocycles. The molecule has 3 N–H and O–H groups in total. The van der Waals surface area contributed by atoms with E-state index in [0.29, 0.717) is 19.7 Å². The van der Waals surface area contributed by atoms with Crippen LogP contribution in [0.15, 0.2) is 0 Å². The van der Waals surface area contributed by atoms with Crippen molar-refractivity contribution in [2.75, 3.05) is 33.4 Å². The van der Waals surface area contributed by atoms with Crippen LogP contribution in [0.5, 0.6) is 0 Å². The first kappa shape index (κ1) is 18.3. The molecule has 0 spiro atoms. The summed E-state index contributed by atoms with van der Waals surface area (Å²) in [6.07, 6.45) is -0.0544. The highest BCUT2D eigenvalue weighted by Crippen LogP contribution is 2.03. The number of carbonyl (C=O) groups is 3. The van der Waals surface area contributed by atoms with Crippen LogP contribution in [0.4, 0.5) is 4.79 Å². The molecule has 0 aromatic carbocycles. The van der Waals surface area contributed by atoms with Crippen molar-refractivity contribution in [2.45, 2.75) is 26.3 Å². The molecule has 3 amide bonds. The van der Waals surface area contributed by atoms with E-state index >= 15 is 0 Å². The second-order valence-corrected chi connectivity index (χ2v) is 4.31.